The second kappa shape index (κ2) is 6.30. The topological polar surface area (TPSA) is 44.2 Å². The predicted molar refractivity (Wildman–Crippen MR) is 62.7 cm³/mol. The lowest BCUT2D eigenvalue weighted by Crippen LogP contribution is -2.09. The first-order valence-corrected chi connectivity index (χ1v) is 5.70. The Bertz CT molecular complexity index is 314. The standard InChI is InChI=1S/C12H20N2O2/c1-9(2)6-8-15-12-13-7-5-11(14-12)16-10(3)4/h5,7,9-10H,6,8H2,1-4H3. The van der Waals surface area contributed by atoms with Crippen molar-refractivity contribution in [2.24, 2.45) is 5.92 Å². The van der Waals surface area contributed by atoms with Crippen LogP contribution in [0, 0.1) is 5.92 Å². The van der Waals surface area contributed by atoms with E-state index in [2.05, 4.69) is 23.8 Å². The van der Waals surface area contributed by atoms with Crippen LogP contribution in [0.1, 0.15) is 34.1 Å². The molecule has 1 heterocycles. The van der Waals surface area contributed by atoms with E-state index >= 15 is 0 Å². The predicted octanol–water partition coefficient (Wildman–Crippen LogP) is 2.69. The highest BCUT2D eigenvalue weighted by Crippen LogP contribution is 2.12. The Labute approximate surface area is 97.0 Å². The summed E-state index contributed by atoms with van der Waals surface area (Å²) in [6.07, 6.45) is 2.76. The maximum atomic E-state index is 5.45. The molecule has 0 aliphatic rings. The van der Waals surface area contributed by atoms with Gasteiger partial charge >= 0.3 is 6.01 Å². The zero-order chi connectivity index (χ0) is 12.0. The molecule has 90 valence electrons. The first kappa shape index (κ1) is 12.7. The summed E-state index contributed by atoms with van der Waals surface area (Å²) in [6.45, 7) is 8.87. The zero-order valence-corrected chi connectivity index (χ0v) is 10.4. The fraction of sp³-hybridized carbons (Fsp3) is 0.667. The molecule has 0 bridgehead atoms. The summed E-state index contributed by atoms with van der Waals surface area (Å²) in [6, 6.07) is 2.12. The summed E-state index contributed by atoms with van der Waals surface area (Å²) in [5.41, 5.74) is 0. The molecule has 1 aromatic rings. The van der Waals surface area contributed by atoms with Crippen molar-refractivity contribution in [2.75, 3.05) is 6.61 Å². The van der Waals surface area contributed by atoms with Crippen molar-refractivity contribution in [1.29, 1.82) is 0 Å². The monoisotopic (exact) mass is 224 g/mol. The van der Waals surface area contributed by atoms with Gasteiger partial charge in [-0.3, -0.25) is 0 Å². The van der Waals surface area contributed by atoms with Gasteiger partial charge < -0.3 is 9.47 Å². The molecule has 4 heteroatoms. The van der Waals surface area contributed by atoms with E-state index in [0.717, 1.165) is 6.42 Å². The first-order valence-electron chi connectivity index (χ1n) is 5.70. The summed E-state index contributed by atoms with van der Waals surface area (Å²) in [4.78, 5) is 8.18. The summed E-state index contributed by atoms with van der Waals surface area (Å²) in [5.74, 6) is 1.18. The molecule has 0 N–H and O–H groups in total. The van der Waals surface area contributed by atoms with Crippen LogP contribution in [-0.4, -0.2) is 22.7 Å². The molecule has 0 saturated heterocycles. The Hall–Kier alpha value is -1.32. The van der Waals surface area contributed by atoms with Crippen molar-refractivity contribution in [2.45, 2.75) is 40.2 Å². The summed E-state index contributed by atoms with van der Waals surface area (Å²) >= 11 is 0. The van der Waals surface area contributed by atoms with Crippen LogP contribution in [-0.2, 0) is 0 Å². The zero-order valence-electron chi connectivity index (χ0n) is 10.4. The van der Waals surface area contributed by atoms with Gasteiger partial charge in [0.25, 0.3) is 0 Å². The molecule has 0 radical (unpaired) electrons. The van der Waals surface area contributed by atoms with E-state index in [4.69, 9.17) is 9.47 Å². The molecule has 0 atom stereocenters. The van der Waals surface area contributed by atoms with Crippen LogP contribution in [0.25, 0.3) is 0 Å². The van der Waals surface area contributed by atoms with E-state index in [1.165, 1.54) is 0 Å². The average Bonchev–Trinajstić information content (AvgIpc) is 2.16. The lowest BCUT2D eigenvalue weighted by Gasteiger charge is -2.10. The van der Waals surface area contributed by atoms with Crippen LogP contribution >= 0.6 is 0 Å². The Morgan fingerprint density at radius 2 is 2.00 bits per heavy atom. The van der Waals surface area contributed by atoms with Crippen molar-refractivity contribution >= 4 is 0 Å². The lowest BCUT2D eigenvalue weighted by atomic mass is 10.1. The molecule has 0 aliphatic carbocycles. The highest BCUT2D eigenvalue weighted by Gasteiger charge is 2.03. The minimum Gasteiger partial charge on any atom is -0.475 e. The number of rotatable bonds is 6. The normalized spacial score (nSPS) is 10.9. The molecule has 0 amide bonds. The maximum Gasteiger partial charge on any atom is 0.319 e. The molecule has 1 rings (SSSR count). The van der Waals surface area contributed by atoms with Crippen LogP contribution in [0.4, 0.5) is 0 Å². The van der Waals surface area contributed by atoms with Gasteiger partial charge in [0.15, 0.2) is 0 Å². The molecule has 0 unspecified atom stereocenters. The number of aromatic nitrogens is 2. The molecule has 1 aromatic heterocycles. The maximum absolute atomic E-state index is 5.45. The van der Waals surface area contributed by atoms with Gasteiger partial charge in [-0.05, 0) is 26.2 Å². The Morgan fingerprint density at radius 1 is 1.25 bits per heavy atom. The van der Waals surface area contributed by atoms with Gasteiger partial charge in [0, 0.05) is 12.3 Å². The summed E-state index contributed by atoms with van der Waals surface area (Å²) in [7, 11) is 0. The minimum absolute atomic E-state index is 0.110. The number of hydrogen-bond acceptors (Lipinski definition) is 4. The molecule has 0 aliphatic heterocycles. The van der Waals surface area contributed by atoms with E-state index in [0.29, 0.717) is 24.4 Å². The van der Waals surface area contributed by atoms with Crippen LogP contribution < -0.4 is 9.47 Å². The van der Waals surface area contributed by atoms with Gasteiger partial charge in [0.2, 0.25) is 5.88 Å². The van der Waals surface area contributed by atoms with Crippen molar-refractivity contribution in [3.8, 4) is 11.9 Å². The second-order valence-electron chi connectivity index (χ2n) is 4.38. The van der Waals surface area contributed by atoms with Gasteiger partial charge in [-0.15, -0.1) is 0 Å². The van der Waals surface area contributed by atoms with E-state index in [9.17, 15) is 0 Å². The first-order chi connectivity index (χ1) is 7.58. The smallest absolute Gasteiger partial charge is 0.319 e. The summed E-state index contributed by atoms with van der Waals surface area (Å²) < 4.78 is 10.9. The third-order valence-corrected chi connectivity index (χ3v) is 1.89. The third kappa shape index (κ3) is 4.96. The lowest BCUT2D eigenvalue weighted by molar-refractivity contribution is 0.221. The molecular weight excluding hydrogens is 204 g/mol. The van der Waals surface area contributed by atoms with Crippen LogP contribution in [0.5, 0.6) is 11.9 Å². The molecule has 4 nitrogen and oxygen atoms in total. The van der Waals surface area contributed by atoms with Gasteiger partial charge in [-0.25, -0.2) is 4.98 Å². The van der Waals surface area contributed by atoms with E-state index in [1.807, 2.05) is 13.8 Å². The second-order valence-corrected chi connectivity index (χ2v) is 4.38. The van der Waals surface area contributed by atoms with E-state index in [1.54, 1.807) is 12.3 Å². The third-order valence-electron chi connectivity index (χ3n) is 1.89. The van der Waals surface area contributed by atoms with Crippen LogP contribution in [0.15, 0.2) is 12.3 Å². The number of hydrogen-bond donors (Lipinski definition) is 0. The van der Waals surface area contributed by atoms with Crippen molar-refractivity contribution in [3.63, 3.8) is 0 Å². The van der Waals surface area contributed by atoms with E-state index < -0.39 is 0 Å². The van der Waals surface area contributed by atoms with Crippen LogP contribution in [0.3, 0.4) is 0 Å². The average molecular weight is 224 g/mol. The number of ether oxygens (including phenoxy) is 2. The Balaban J connectivity index is 2.47. The van der Waals surface area contributed by atoms with Crippen molar-refractivity contribution in [3.05, 3.63) is 12.3 Å². The molecule has 16 heavy (non-hydrogen) atoms. The highest BCUT2D eigenvalue weighted by atomic mass is 16.5. The minimum atomic E-state index is 0.110. The Morgan fingerprint density at radius 3 is 2.62 bits per heavy atom. The van der Waals surface area contributed by atoms with Crippen molar-refractivity contribution in [1.82, 2.24) is 9.97 Å². The largest absolute Gasteiger partial charge is 0.475 e. The fourth-order valence-electron chi connectivity index (χ4n) is 1.09. The Kier molecular flexibility index (Phi) is 5.02. The van der Waals surface area contributed by atoms with Crippen LogP contribution in [0.2, 0.25) is 0 Å². The van der Waals surface area contributed by atoms with Gasteiger partial charge in [0.1, 0.15) is 0 Å². The number of nitrogens with zero attached hydrogens (tertiary/aromatic N) is 2. The highest BCUT2D eigenvalue weighted by molar-refractivity contribution is 5.11. The van der Waals surface area contributed by atoms with E-state index in [-0.39, 0.29) is 6.10 Å². The fourth-order valence-corrected chi connectivity index (χ4v) is 1.09. The van der Waals surface area contributed by atoms with Gasteiger partial charge in [0.05, 0.1) is 12.7 Å². The quantitative estimate of drug-likeness (QED) is 0.745. The molecule has 0 fully saturated rings. The molecule has 0 aromatic carbocycles. The molecule has 0 spiro atoms. The van der Waals surface area contributed by atoms with Crippen molar-refractivity contribution < 1.29 is 9.47 Å². The molecular formula is C12H20N2O2. The SMILES string of the molecule is CC(C)CCOc1nccc(OC(C)C)n1. The molecule has 0 saturated carbocycles. The summed E-state index contributed by atoms with van der Waals surface area (Å²) in [5, 5.41) is 0. The van der Waals surface area contributed by atoms with Gasteiger partial charge in [-0.1, -0.05) is 13.8 Å². The van der Waals surface area contributed by atoms with Gasteiger partial charge in [-0.2, -0.15) is 4.98 Å².